The lowest BCUT2D eigenvalue weighted by molar-refractivity contribution is -0.137. The van der Waals surface area contributed by atoms with E-state index in [9.17, 15) is 9.59 Å². The third-order valence-electron chi connectivity index (χ3n) is 3.94. The van der Waals surface area contributed by atoms with Crippen LogP contribution >= 0.6 is 0 Å². The van der Waals surface area contributed by atoms with Crippen molar-refractivity contribution >= 4 is 17.7 Å². The molecule has 2 rings (SSSR count). The Bertz CT molecular complexity index is 530. The SMILES string of the molecule is CC1CCc2ccccc2N1C(=O)N(C)CCCC(=O)O. The van der Waals surface area contributed by atoms with Crippen molar-refractivity contribution in [3.05, 3.63) is 29.8 Å². The molecule has 0 aliphatic carbocycles. The summed E-state index contributed by atoms with van der Waals surface area (Å²) in [7, 11) is 1.73. The van der Waals surface area contributed by atoms with Gasteiger partial charge in [0, 0.05) is 31.7 Å². The quantitative estimate of drug-likeness (QED) is 0.927. The fourth-order valence-electron chi connectivity index (χ4n) is 2.73. The van der Waals surface area contributed by atoms with E-state index in [2.05, 4.69) is 13.0 Å². The van der Waals surface area contributed by atoms with Gasteiger partial charge in [-0.05, 0) is 37.8 Å². The molecule has 0 saturated carbocycles. The van der Waals surface area contributed by atoms with Gasteiger partial charge in [-0.3, -0.25) is 9.69 Å². The molecule has 0 fully saturated rings. The third kappa shape index (κ3) is 3.54. The molecular formula is C16H22N2O3. The lowest BCUT2D eigenvalue weighted by Crippen LogP contribution is -2.48. The van der Waals surface area contributed by atoms with E-state index in [1.54, 1.807) is 11.9 Å². The molecule has 5 nitrogen and oxygen atoms in total. The summed E-state index contributed by atoms with van der Waals surface area (Å²) in [4.78, 5) is 26.7. The van der Waals surface area contributed by atoms with E-state index in [0.717, 1.165) is 18.5 Å². The Balaban J connectivity index is 2.09. The highest BCUT2D eigenvalue weighted by atomic mass is 16.4. The number of carbonyl (C=O) groups is 2. The first-order valence-corrected chi connectivity index (χ1v) is 7.34. The number of fused-ring (bicyclic) bond motifs is 1. The molecule has 1 unspecified atom stereocenters. The maximum absolute atomic E-state index is 12.7. The number of carbonyl (C=O) groups excluding carboxylic acids is 1. The van der Waals surface area contributed by atoms with Gasteiger partial charge < -0.3 is 10.0 Å². The number of carboxylic acid groups (broad SMARTS) is 1. The molecule has 1 aliphatic rings. The summed E-state index contributed by atoms with van der Waals surface area (Å²) in [5.74, 6) is -0.826. The summed E-state index contributed by atoms with van der Waals surface area (Å²) in [6, 6.07) is 8.09. The molecule has 114 valence electrons. The molecule has 21 heavy (non-hydrogen) atoms. The van der Waals surface area contributed by atoms with Crippen molar-refractivity contribution in [2.45, 2.75) is 38.6 Å². The van der Waals surface area contributed by atoms with E-state index in [0.29, 0.717) is 13.0 Å². The van der Waals surface area contributed by atoms with Gasteiger partial charge in [0.25, 0.3) is 0 Å². The molecule has 1 aromatic carbocycles. The Morgan fingerprint density at radius 3 is 2.81 bits per heavy atom. The Kier molecular flexibility index (Phi) is 4.83. The third-order valence-corrected chi connectivity index (χ3v) is 3.94. The van der Waals surface area contributed by atoms with Gasteiger partial charge in [0.05, 0.1) is 0 Å². The Morgan fingerprint density at radius 1 is 1.38 bits per heavy atom. The summed E-state index contributed by atoms with van der Waals surface area (Å²) >= 11 is 0. The van der Waals surface area contributed by atoms with E-state index in [1.807, 2.05) is 23.1 Å². The maximum atomic E-state index is 12.7. The molecule has 1 aromatic rings. The Morgan fingerprint density at radius 2 is 2.10 bits per heavy atom. The van der Waals surface area contributed by atoms with Crippen molar-refractivity contribution in [3.63, 3.8) is 0 Å². The minimum atomic E-state index is -0.826. The van der Waals surface area contributed by atoms with Crippen LogP contribution < -0.4 is 4.90 Å². The number of aryl methyl sites for hydroxylation is 1. The highest BCUT2D eigenvalue weighted by Gasteiger charge is 2.29. The number of hydrogen-bond donors (Lipinski definition) is 1. The molecule has 0 spiro atoms. The Hall–Kier alpha value is -2.04. The van der Waals surface area contributed by atoms with Crippen molar-refractivity contribution in [1.82, 2.24) is 4.90 Å². The van der Waals surface area contributed by atoms with Crippen molar-refractivity contribution < 1.29 is 14.7 Å². The summed E-state index contributed by atoms with van der Waals surface area (Å²) in [6.45, 7) is 2.51. The molecule has 0 radical (unpaired) electrons. The summed E-state index contributed by atoms with van der Waals surface area (Å²) in [5, 5.41) is 8.67. The van der Waals surface area contributed by atoms with Crippen LogP contribution in [0, 0.1) is 0 Å². The first-order valence-electron chi connectivity index (χ1n) is 7.34. The fourth-order valence-corrected chi connectivity index (χ4v) is 2.73. The van der Waals surface area contributed by atoms with Gasteiger partial charge in [0.1, 0.15) is 0 Å². The zero-order valence-electron chi connectivity index (χ0n) is 12.6. The van der Waals surface area contributed by atoms with Crippen molar-refractivity contribution in [2.24, 2.45) is 0 Å². The van der Waals surface area contributed by atoms with Gasteiger partial charge in [0.2, 0.25) is 0 Å². The molecule has 0 saturated heterocycles. The van der Waals surface area contributed by atoms with Crippen LogP contribution in [0.25, 0.3) is 0 Å². The summed E-state index contributed by atoms with van der Waals surface area (Å²) in [5.41, 5.74) is 2.18. The van der Waals surface area contributed by atoms with Crippen LogP contribution in [0.15, 0.2) is 24.3 Å². The minimum Gasteiger partial charge on any atom is -0.481 e. The van der Waals surface area contributed by atoms with Crippen LogP contribution in [0.2, 0.25) is 0 Å². The molecule has 1 heterocycles. The van der Waals surface area contributed by atoms with Gasteiger partial charge in [0.15, 0.2) is 0 Å². The number of anilines is 1. The molecule has 2 amide bonds. The standard InChI is InChI=1S/C16H22N2O3/c1-12-9-10-13-6-3-4-7-14(13)18(12)16(21)17(2)11-5-8-15(19)20/h3-4,6-7,12H,5,8-11H2,1-2H3,(H,19,20). The lowest BCUT2D eigenvalue weighted by atomic mass is 9.97. The van der Waals surface area contributed by atoms with Gasteiger partial charge in [-0.25, -0.2) is 4.79 Å². The predicted molar refractivity (Wildman–Crippen MR) is 81.6 cm³/mol. The monoisotopic (exact) mass is 290 g/mol. The number of urea groups is 1. The largest absolute Gasteiger partial charge is 0.481 e. The van der Waals surface area contributed by atoms with Crippen molar-refractivity contribution in [3.8, 4) is 0 Å². The molecule has 5 heteroatoms. The molecule has 1 aliphatic heterocycles. The highest BCUT2D eigenvalue weighted by molar-refractivity contribution is 5.93. The average molecular weight is 290 g/mol. The number of aliphatic carboxylic acids is 1. The van der Waals surface area contributed by atoms with E-state index in [1.165, 1.54) is 5.56 Å². The summed E-state index contributed by atoms with van der Waals surface area (Å²) < 4.78 is 0. The number of hydrogen-bond acceptors (Lipinski definition) is 2. The van der Waals surface area contributed by atoms with Crippen LogP contribution in [-0.2, 0) is 11.2 Å². The van der Waals surface area contributed by atoms with Crippen LogP contribution in [0.5, 0.6) is 0 Å². The zero-order chi connectivity index (χ0) is 15.4. The van der Waals surface area contributed by atoms with E-state index in [4.69, 9.17) is 5.11 Å². The van der Waals surface area contributed by atoms with Crippen molar-refractivity contribution in [2.75, 3.05) is 18.5 Å². The van der Waals surface area contributed by atoms with E-state index >= 15 is 0 Å². The van der Waals surface area contributed by atoms with Gasteiger partial charge >= 0.3 is 12.0 Å². The minimum absolute atomic E-state index is 0.0555. The topological polar surface area (TPSA) is 60.9 Å². The number of nitrogens with zero attached hydrogens (tertiary/aromatic N) is 2. The van der Waals surface area contributed by atoms with E-state index in [-0.39, 0.29) is 18.5 Å². The second kappa shape index (κ2) is 6.61. The van der Waals surface area contributed by atoms with Gasteiger partial charge in [-0.15, -0.1) is 0 Å². The average Bonchev–Trinajstić information content (AvgIpc) is 2.46. The molecule has 0 aromatic heterocycles. The first kappa shape index (κ1) is 15.4. The number of carboxylic acids is 1. The maximum Gasteiger partial charge on any atom is 0.324 e. The number of amides is 2. The number of rotatable bonds is 4. The van der Waals surface area contributed by atoms with Crippen LogP contribution in [0.3, 0.4) is 0 Å². The molecule has 1 atom stereocenters. The number of para-hydroxylation sites is 1. The molecule has 0 bridgehead atoms. The van der Waals surface area contributed by atoms with E-state index < -0.39 is 5.97 Å². The highest BCUT2D eigenvalue weighted by Crippen LogP contribution is 2.31. The first-order chi connectivity index (χ1) is 10.0. The molecular weight excluding hydrogens is 268 g/mol. The predicted octanol–water partition coefficient (Wildman–Crippen LogP) is 2.74. The van der Waals surface area contributed by atoms with Crippen LogP contribution in [0.1, 0.15) is 31.7 Å². The fraction of sp³-hybridized carbons (Fsp3) is 0.500. The normalized spacial score (nSPS) is 17.2. The van der Waals surface area contributed by atoms with Crippen LogP contribution in [0.4, 0.5) is 10.5 Å². The lowest BCUT2D eigenvalue weighted by Gasteiger charge is -2.37. The summed E-state index contributed by atoms with van der Waals surface area (Å²) in [6.07, 6.45) is 2.50. The smallest absolute Gasteiger partial charge is 0.324 e. The second-order valence-corrected chi connectivity index (χ2v) is 5.59. The molecule has 1 N–H and O–H groups in total. The number of benzene rings is 1. The zero-order valence-corrected chi connectivity index (χ0v) is 12.6. The second-order valence-electron chi connectivity index (χ2n) is 5.59. The van der Waals surface area contributed by atoms with Crippen LogP contribution in [-0.4, -0.2) is 41.6 Å². The Labute approximate surface area is 125 Å². The van der Waals surface area contributed by atoms with Gasteiger partial charge in [-0.1, -0.05) is 18.2 Å². The van der Waals surface area contributed by atoms with Crippen molar-refractivity contribution in [1.29, 1.82) is 0 Å². The van der Waals surface area contributed by atoms with Gasteiger partial charge in [-0.2, -0.15) is 0 Å².